The molecule has 5 aliphatic rings. The first-order chi connectivity index (χ1) is 15.2. The first-order valence-electron chi connectivity index (χ1n) is 12.6. The summed E-state index contributed by atoms with van der Waals surface area (Å²) >= 11 is 0. The Balaban J connectivity index is 1.96. The average molecular weight is 437 g/mol. The fourth-order valence-electron chi connectivity index (χ4n) is 6.60. The summed E-state index contributed by atoms with van der Waals surface area (Å²) in [5.74, 6) is 0. The van der Waals surface area contributed by atoms with Crippen molar-refractivity contribution in [2.24, 2.45) is 21.7 Å². The molecule has 172 valence electrons. The van der Waals surface area contributed by atoms with Crippen LogP contribution in [0.2, 0.25) is 0 Å². The van der Waals surface area contributed by atoms with Crippen molar-refractivity contribution in [3.05, 3.63) is 104 Å². The molecule has 0 heteroatoms. The fourth-order valence-corrected chi connectivity index (χ4v) is 6.60. The summed E-state index contributed by atoms with van der Waals surface area (Å²) in [4.78, 5) is 0. The number of allylic oxidation sites excluding steroid dienone is 18. The van der Waals surface area contributed by atoms with Crippen molar-refractivity contribution >= 4 is 0 Å². The van der Waals surface area contributed by atoms with Crippen molar-refractivity contribution in [2.45, 2.75) is 75.7 Å². The molecule has 0 aromatic heterocycles. The maximum absolute atomic E-state index is 2.56. The maximum Gasteiger partial charge on any atom is 0.0315 e. The molecule has 0 N–H and O–H groups in total. The number of fused-ring (bicyclic) bond motifs is 1. The second-order valence-electron chi connectivity index (χ2n) is 13.3. The molecule has 0 fully saturated rings. The highest BCUT2D eigenvalue weighted by Gasteiger charge is 2.59. The molecule has 0 unspecified atom stereocenters. The van der Waals surface area contributed by atoms with Gasteiger partial charge in [0, 0.05) is 10.8 Å². The van der Waals surface area contributed by atoms with Crippen LogP contribution in [0.3, 0.4) is 0 Å². The van der Waals surface area contributed by atoms with E-state index in [-0.39, 0.29) is 21.7 Å². The number of hydrogen-bond acceptors (Lipinski definition) is 0. The molecule has 0 spiro atoms. The summed E-state index contributed by atoms with van der Waals surface area (Å²) in [7, 11) is 0. The topological polar surface area (TPSA) is 0 Å². The van der Waals surface area contributed by atoms with Gasteiger partial charge in [0.15, 0.2) is 0 Å². The molecule has 0 saturated carbocycles. The van der Waals surface area contributed by atoms with Crippen LogP contribution in [0.1, 0.15) is 75.7 Å². The fraction of sp³-hybridized carbons (Fsp3) is 0.455. The molecule has 33 heavy (non-hydrogen) atoms. The van der Waals surface area contributed by atoms with E-state index >= 15 is 0 Å². The molecule has 0 saturated heterocycles. The van der Waals surface area contributed by atoms with Crippen LogP contribution in [-0.2, 0) is 0 Å². The summed E-state index contributed by atoms with van der Waals surface area (Å²) in [6.45, 7) is 23.6. The molecule has 0 aromatic carbocycles. The second kappa shape index (κ2) is 6.62. The minimum Gasteiger partial charge on any atom is -0.0686 e. The number of rotatable bonds is 0. The van der Waals surface area contributed by atoms with Crippen molar-refractivity contribution in [1.82, 2.24) is 0 Å². The van der Waals surface area contributed by atoms with Gasteiger partial charge in [-0.05, 0) is 75.7 Å². The molecule has 0 nitrogen and oxygen atoms in total. The van der Waals surface area contributed by atoms with Crippen molar-refractivity contribution in [2.75, 3.05) is 0 Å². The Morgan fingerprint density at radius 3 is 1.64 bits per heavy atom. The highest BCUT2D eigenvalue weighted by Crippen LogP contribution is 2.69. The van der Waals surface area contributed by atoms with Crippen LogP contribution in [0.4, 0.5) is 0 Å². The lowest BCUT2D eigenvalue weighted by atomic mass is 9.43. The van der Waals surface area contributed by atoms with E-state index in [0.717, 1.165) is 6.42 Å². The van der Waals surface area contributed by atoms with Crippen molar-refractivity contribution in [3.8, 4) is 0 Å². The Morgan fingerprint density at radius 1 is 0.636 bits per heavy atom. The standard InChI is InChI=1S/C33H40/c1-20-13-21(2)15-27-26(14-20)28-18-24(30(3,4)5)16-22-11-12-23-17-25(31(6,7)8)19-29(27)33(23,10)32(22,28)9/h11-14,16-19H,15H2,1-10H3/t32-,33-/m0/s1. The summed E-state index contributed by atoms with van der Waals surface area (Å²) in [6, 6.07) is 0. The van der Waals surface area contributed by atoms with Crippen LogP contribution >= 0.6 is 0 Å². The van der Waals surface area contributed by atoms with E-state index in [1.54, 1.807) is 0 Å². The van der Waals surface area contributed by atoms with Crippen molar-refractivity contribution < 1.29 is 0 Å². The average Bonchev–Trinajstić information content (AvgIpc) is 2.82. The highest BCUT2D eigenvalue weighted by atomic mass is 14.6. The smallest absolute Gasteiger partial charge is 0.0315 e. The van der Waals surface area contributed by atoms with Crippen molar-refractivity contribution in [3.63, 3.8) is 0 Å². The highest BCUT2D eigenvalue weighted by molar-refractivity contribution is 5.75. The SMILES string of the molecule is CC1=CC2=C3C=C(C(C)(C)C)C=C4C=CC5=CC(C(C)(C)C)=CC(=C2CC(C)=C1)[C@@]5(C)[C@@]43C. The minimum absolute atomic E-state index is 0.0667. The Bertz CT molecular complexity index is 1250. The lowest BCUT2D eigenvalue weighted by Gasteiger charge is -2.59. The van der Waals surface area contributed by atoms with Gasteiger partial charge in [-0.2, -0.15) is 0 Å². The molecule has 0 amide bonds. The zero-order valence-corrected chi connectivity index (χ0v) is 22.3. The summed E-state index contributed by atoms with van der Waals surface area (Å²) in [6.07, 6.45) is 20.8. The summed E-state index contributed by atoms with van der Waals surface area (Å²) < 4.78 is 0. The van der Waals surface area contributed by atoms with Crippen molar-refractivity contribution in [1.29, 1.82) is 0 Å². The van der Waals surface area contributed by atoms with Gasteiger partial charge in [-0.1, -0.05) is 115 Å². The Kier molecular flexibility index (Phi) is 4.50. The first-order valence-corrected chi connectivity index (χ1v) is 12.6. The van der Waals surface area contributed by atoms with Gasteiger partial charge in [0.2, 0.25) is 0 Å². The minimum atomic E-state index is -0.0779. The third-order valence-corrected chi connectivity index (χ3v) is 8.87. The van der Waals surface area contributed by atoms with Gasteiger partial charge in [0.05, 0.1) is 0 Å². The van der Waals surface area contributed by atoms with Gasteiger partial charge < -0.3 is 0 Å². The van der Waals surface area contributed by atoms with E-state index in [9.17, 15) is 0 Å². The number of hydrogen-bond donors (Lipinski definition) is 0. The summed E-state index contributed by atoms with van der Waals surface area (Å²) in [5, 5.41) is 0. The largest absolute Gasteiger partial charge is 0.0686 e. The predicted molar refractivity (Wildman–Crippen MR) is 143 cm³/mol. The van der Waals surface area contributed by atoms with Crippen LogP contribution in [0.15, 0.2) is 104 Å². The second-order valence-corrected chi connectivity index (χ2v) is 13.3. The molecule has 0 heterocycles. The molecule has 0 radical (unpaired) electrons. The van der Waals surface area contributed by atoms with E-state index in [1.165, 1.54) is 55.7 Å². The molecule has 0 bridgehead atoms. The molecule has 5 aliphatic carbocycles. The Hall–Kier alpha value is -2.34. The lowest BCUT2D eigenvalue weighted by Crippen LogP contribution is -2.49. The van der Waals surface area contributed by atoms with E-state index in [1.807, 2.05) is 0 Å². The Labute approximate surface area is 201 Å². The lowest BCUT2D eigenvalue weighted by molar-refractivity contribution is 0.241. The van der Waals surface area contributed by atoms with Gasteiger partial charge in [0.1, 0.15) is 0 Å². The molecule has 0 aliphatic heterocycles. The maximum atomic E-state index is 2.56. The van der Waals surface area contributed by atoms with Crippen LogP contribution in [0.25, 0.3) is 0 Å². The van der Waals surface area contributed by atoms with E-state index in [2.05, 4.69) is 118 Å². The van der Waals surface area contributed by atoms with Gasteiger partial charge >= 0.3 is 0 Å². The first kappa shape index (κ1) is 22.5. The Morgan fingerprint density at radius 2 is 1.12 bits per heavy atom. The molecule has 5 rings (SSSR count). The van der Waals surface area contributed by atoms with E-state index in [0.29, 0.717) is 0 Å². The normalized spacial score (nSPS) is 31.0. The van der Waals surface area contributed by atoms with E-state index < -0.39 is 0 Å². The predicted octanol–water partition coefficient (Wildman–Crippen LogP) is 9.30. The van der Waals surface area contributed by atoms with Gasteiger partial charge in [0.25, 0.3) is 0 Å². The van der Waals surface area contributed by atoms with Crippen LogP contribution in [0.5, 0.6) is 0 Å². The van der Waals surface area contributed by atoms with E-state index in [4.69, 9.17) is 0 Å². The zero-order valence-electron chi connectivity index (χ0n) is 22.3. The molecular formula is C33H40. The van der Waals surface area contributed by atoms with Gasteiger partial charge in [-0.25, -0.2) is 0 Å². The molecule has 0 aromatic rings. The van der Waals surface area contributed by atoms with Gasteiger partial charge in [-0.15, -0.1) is 0 Å². The summed E-state index contributed by atoms with van der Waals surface area (Å²) in [5.41, 5.74) is 14.7. The molecule has 2 atom stereocenters. The third-order valence-electron chi connectivity index (χ3n) is 8.87. The zero-order chi connectivity index (χ0) is 24.1. The third kappa shape index (κ3) is 2.95. The molecular weight excluding hydrogens is 396 g/mol. The monoisotopic (exact) mass is 436 g/mol. The van der Waals surface area contributed by atoms with Crippen LogP contribution in [0, 0.1) is 21.7 Å². The quantitative estimate of drug-likeness (QED) is 0.355. The van der Waals surface area contributed by atoms with Crippen LogP contribution in [-0.4, -0.2) is 0 Å². The van der Waals surface area contributed by atoms with Crippen LogP contribution < -0.4 is 0 Å². The van der Waals surface area contributed by atoms with Gasteiger partial charge in [-0.3, -0.25) is 0 Å².